The Morgan fingerprint density at radius 2 is 1.95 bits per heavy atom. The Balaban J connectivity index is 2.84. The Morgan fingerprint density at radius 1 is 1.30 bits per heavy atom. The van der Waals surface area contributed by atoms with Gasteiger partial charge in [0.25, 0.3) is 0 Å². The second kappa shape index (κ2) is 6.88. The Bertz CT molecular complexity index is 494. The maximum atomic E-state index is 12.2. The predicted octanol–water partition coefficient (Wildman–Crippen LogP) is 3.30. The fourth-order valence-electron chi connectivity index (χ4n) is 1.82. The number of carbonyl (C=O) groups excluding carboxylic acids is 1. The molecule has 110 valence electrons. The molecular weight excluding hydrogens is 322 g/mol. The number of benzene rings is 1. The molecular formula is C15H20BrNO3. The number of carboxylic acid groups (broad SMARTS) is 1. The lowest BCUT2D eigenvalue weighted by Crippen LogP contribution is -2.37. The maximum absolute atomic E-state index is 12.2. The molecule has 0 saturated carbocycles. The van der Waals surface area contributed by atoms with E-state index in [-0.39, 0.29) is 17.9 Å². The maximum Gasteiger partial charge on any atom is 0.323 e. The number of hydrogen-bond donors (Lipinski definition) is 1. The molecule has 0 radical (unpaired) electrons. The summed E-state index contributed by atoms with van der Waals surface area (Å²) in [6, 6.07) is 7.53. The van der Waals surface area contributed by atoms with Crippen molar-refractivity contribution < 1.29 is 14.7 Å². The summed E-state index contributed by atoms with van der Waals surface area (Å²) in [5.74, 6) is -1.14. The van der Waals surface area contributed by atoms with E-state index >= 15 is 0 Å². The second-order valence-electron chi connectivity index (χ2n) is 6.01. The molecule has 1 amide bonds. The predicted molar refractivity (Wildman–Crippen MR) is 81.3 cm³/mol. The van der Waals surface area contributed by atoms with Gasteiger partial charge in [0.1, 0.15) is 6.54 Å². The monoisotopic (exact) mass is 341 g/mol. The number of rotatable bonds is 5. The third-order valence-electron chi connectivity index (χ3n) is 2.62. The average molecular weight is 342 g/mol. The zero-order chi connectivity index (χ0) is 15.3. The first-order chi connectivity index (χ1) is 9.17. The molecule has 0 heterocycles. The number of aliphatic carboxylic acids is 1. The van der Waals surface area contributed by atoms with Crippen LogP contribution in [-0.4, -0.2) is 28.4 Å². The summed E-state index contributed by atoms with van der Waals surface area (Å²) in [7, 11) is 0. The van der Waals surface area contributed by atoms with Crippen molar-refractivity contribution in [2.45, 2.75) is 33.7 Å². The summed E-state index contributed by atoms with van der Waals surface area (Å²) < 4.78 is 0.911. The Hall–Kier alpha value is -1.36. The zero-order valence-corrected chi connectivity index (χ0v) is 13.6. The molecule has 0 atom stereocenters. The van der Waals surface area contributed by atoms with Gasteiger partial charge >= 0.3 is 5.97 Å². The van der Waals surface area contributed by atoms with Crippen LogP contribution in [0.4, 0.5) is 0 Å². The van der Waals surface area contributed by atoms with E-state index in [0.717, 1.165) is 10.0 Å². The van der Waals surface area contributed by atoms with E-state index < -0.39 is 5.97 Å². The van der Waals surface area contributed by atoms with Gasteiger partial charge in [0.05, 0.1) is 0 Å². The van der Waals surface area contributed by atoms with E-state index in [1.807, 2.05) is 45.0 Å². The van der Waals surface area contributed by atoms with Crippen molar-refractivity contribution in [2.24, 2.45) is 5.41 Å². The lowest BCUT2D eigenvalue weighted by molar-refractivity contribution is -0.145. The van der Waals surface area contributed by atoms with E-state index in [1.54, 1.807) is 0 Å². The number of amides is 1. The van der Waals surface area contributed by atoms with Crippen molar-refractivity contribution in [3.05, 3.63) is 34.3 Å². The fourth-order valence-corrected chi connectivity index (χ4v) is 2.26. The van der Waals surface area contributed by atoms with Crippen molar-refractivity contribution in [3.63, 3.8) is 0 Å². The molecule has 1 aromatic rings. The van der Waals surface area contributed by atoms with Gasteiger partial charge in [-0.1, -0.05) is 48.8 Å². The molecule has 0 aliphatic heterocycles. The first-order valence-electron chi connectivity index (χ1n) is 6.41. The summed E-state index contributed by atoms with van der Waals surface area (Å²) >= 11 is 3.37. The molecule has 0 aliphatic rings. The summed E-state index contributed by atoms with van der Waals surface area (Å²) in [6.07, 6.45) is 0.328. The first kappa shape index (κ1) is 16.7. The highest BCUT2D eigenvalue weighted by Crippen LogP contribution is 2.21. The van der Waals surface area contributed by atoms with E-state index in [4.69, 9.17) is 5.11 Å². The van der Waals surface area contributed by atoms with Crippen LogP contribution >= 0.6 is 15.9 Å². The van der Waals surface area contributed by atoms with Gasteiger partial charge in [-0.2, -0.15) is 0 Å². The summed E-state index contributed by atoms with van der Waals surface area (Å²) in [6.45, 7) is 5.91. The molecule has 20 heavy (non-hydrogen) atoms. The number of halogens is 1. The van der Waals surface area contributed by atoms with Crippen LogP contribution in [0.25, 0.3) is 0 Å². The molecule has 1 rings (SSSR count). The zero-order valence-electron chi connectivity index (χ0n) is 12.0. The van der Waals surface area contributed by atoms with Crippen LogP contribution in [0.5, 0.6) is 0 Å². The third kappa shape index (κ3) is 6.19. The third-order valence-corrected chi connectivity index (χ3v) is 3.12. The molecule has 0 spiro atoms. The molecule has 1 aromatic carbocycles. The minimum Gasteiger partial charge on any atom is -0.480 e. The van der Waals surface area contributed by atoms with Crippen LogP contribution < -0.4 is 0 Å². The minimum atomic E-state index is -0.998. The van der Waals surface area contributed by atoms with E-state index in [9.17, 15) is 9.59 Å². The van der Waals surface area contributed by atoms with Gasteiger partial charge in [-0.15, -0.1) is 0 Å². The van der Waals surface area contributed by atoms with Gasteiger partial charge in [-0.3, -0.25) is 9.59 Å². The van der Waals surface area contributed by atoms with Gasteiger partial charge in [0.2, 0.25) is 5.91 Å². The average Bonchev–Trinajstić information content (AvgIpc) is 2.25. The van der Waals surface area contributed by atoms with Crippen molar-refractivity contribution in [3.8, 4) is 0 Å². The van der Waals surface area contributed by atoms with Crippen molar-refractivity contribution in [1.29, 1.82) is 0 Å². The highest BCUT2D eigenvalue weighted by molar-refractivity contribution is 9.10. The van der Waals surface area contributed by atoms with Crippen LogP contribution in [0, 0.1) is 5.41 Å². The SMILES string of the molecule is CC(C)(C)CC(=O)N(CC(=O)O)Cc1cccc(Br)c1. The van der Waals surface area contributed by atoms with Crippen molar-refractivity contribution in [2.75, 3.05) is 6.54 Å². The number of nitrogens with zero attached hydrogens (tertiary/aromatic N) is 1. The second-order valence-corrected chi connectivity index (χ2v) is 6.93. The van der Waals surface area contributed by atoms with Crippen molar-refractivity contribution in [1.82, 2.24) is 4.90 Å². The lowest BCUT2D eigenvalue weighted by atomic mass is 9.91. The highest BCUT2D eigenvalue weighted by Gasteiger charge is 2.23. The van der Waals surface area contributed by atoms with E-state index in [0.29, 0.717) is 13.0 Å². The number of hydrogen-bond acceptors (Lipinski definition) is 2. The minimum absolute atomic E-state index is 0.139. The van der Waals surface area contributed by atoms with Crippen LogP contribution in [-0.2, 0) is 16.1 Å². The van der Waals surface area contributed by atoms with Gasteiger partial charge in [-0.25, -0.2) is 0 Å². The molecule has 0 fully saturated rings. The molecule has 0 aliphatic carbocycles. The fraction of sp³-hybridized carbons (Fsp3) is 0.467. The Labute approximate surface area is 127 Å². The van der Waals surface area contributed by atoms with Crippen LogP contribution in [0.1, 0.15) is 32.8 Å². The molecule has 0 saturated heterocycles. The molecule has 5 heteroatoms. The quantitative estimate of drug-likeness (QED) is 0.893. The van der Waals surface area contributed by atoms with Crippen LogP contribution in [0.3, 0.4) is 0 Å². The highest BCUT2D eigenvalue weighted by atomic mass is 79.9. The van der Waals surface area contributed by atoms with Crippen LogP contribution in [0.2, 0.25) is 0 Å². The lowest BCUT2D eigenvalue weighted by Gasteiger charge is -2.25. The van der Waals surface area contributed by atoms with E-state index in [2.05, 4.69) is 15.9 Å². The number of carboxylic acids is 1. The number of carbonyl (C=O) groups is 2. The first-order valence-corrected chi connectivity index (χ1v) is 7.21. The van der Waals surface area contributed by atoms with Crippen molar-refractivity contribution >= 4 is 27.8 Å². The normalized spacial score (nSPS) is 11.2. The molecule has 1 N–H and O–H groups in total. The van der Waals surface area contributed by atoms with Gasteiger partial charge in [-0.05, 0) is 23.1 Å². The largest absolute Gasteiger partial charge is 0.480 e. The van der Waals surface area contributed by atoms with Gasteiger partial charge in [0.15, 0.2) is 0 Å². The summed E-state index contributed by atoms with van der Waals surface area (Å²) in [5, 5.41) is 8.96. The molecule has 4 nitrogen and oxygen atoms in total. The summed E-state index contributed by atoms with van der Waals surface area (Å²) in [4.78, 5) is 24.6. The Morgan fingerprint density at radius 3 is 2.45 bits per heavy atom. The molecule has 0 bridgehead atoms. The van der Waals surface area contributed by atoms with Gasteiger partial charge < -0.3 is 10.0 Å². The topological polar surface area (TPSA) is 57.6 Å². The molecule has 0 unspecified atom stereocenters. The van der Waals surface area contributed by atoms with E-state index in [1.165, 1.54) is 4.90 Å². The van der Waals surface area contributed by atoms with Gasteiger partial charge in [0, 0.05) is 17.4 Å². The standard InChI is InChI=1S/C15H20BrNO3/c1-15(2,3)8-13(18)17(10-14(19)20)9-11-5-4-6-12(16)7-11/h4-7H,8-10H2,1-3H3,(H,19,20). The molecule has 0 aromatic heterocycles. The smallest absolute Gasteiger partial charge is 0.323 e. The van der Waals surface area contributed by atoms with Crippen LogP contribution in [0.15, 0.2) is 28.7 Å². The summed E-state index contributed by atoms with van der Waals surface area (Å²) in [5.41, 5.74) is 0.744. The Kier molecular flexibility index (Phi) is 5.74.